The van der Waals surface area contributed by atoms with Crippen LogP contribution in [-0.4, -0.2) is 64.3 Å². The third kappa shape index (κ3) is 7.09. The van der Waals surface area contributed by atoms with Crippen molar-refractivity contribution in [3.05, 3.63) is 64.2 Å². The molecule has 36 heavy (non-hydrogen) atoms. The van der Waals surface area contributed by atoms with Crippen LogP contribution in [0.2, 0.25) is 0 Å². The summed E-state index contributed by atoms with van der Waals surface area (Å²) in [4.78, 5) is 42.1. The minimum atomic E-state index is -1.19. The minimum Gasteiger partial charge on any atom is -0.508 e. The number of amides is 2. The minimum absolute atomic E-state index is 0.0258. The standard InChI is InChI=1S/C24H26N4O7S/c1-13-20(36-24(27-13)25-7-6-14-4-3-5-16(29)8-14)22(33)28-19(23(34)35-2)12-26-21(32)15-9-17(30)11-18(31)10-15/h3-5,8-11,19,29-31H,6-7,12H2,1-2H3,(H,25,27)(H,26,32)(H,28,33)/t19-/m0/s1. The molecule has 1 aromatic heterocycles. The number of hydrogen-bond donors (Lipinski definition) is 6. The number of ether oxygens (including phenoxy) is 1. The number of phenolic OH excluding ortho intramolecular Hbond substituents is 3. The van der Waals surface area contributed by atoms with Crippen LogP contribution in [0.15, 0.2) is 42.5 Å². The Hall–Kier alpha value is -4.32. The van der Waals surface area contributed by atoms with Gasteiger partial charge in [-0.2, -0.15) is 0 Å². The summed E-state index contributed by atoms with van der Waals surface area (Å²) in [5, 5.41) is 37.3. The normalized spacial score (nSPS) is 11.4. The van der Waals surface area contributed by atoms with E-state index < -0.39 is 23.8 Å². The number of esters is 1. The molecule has 2 aromatic carbocycles. The first-order valence-corrected chi connectivity index (χ1v) is 11.7. The van der Waals surface area contributed by atoms with E-state index >= 15 is 0 Å². The Bertz CT molecular complexity index is 1240. The number of methoxy groups -OCH3 is 1. The number of aryl methyl sites for hydroxylation is 1. The van der Waals surface area contributed by atoms with Crippen LogP contribution in [-0.2, 0) is 16.0 Å². The van der Waals surface area contributed by atoms with Crippen LogP contribution in [0.4, 0.5) is 5.13 Å². The average Bonchev–Trinajstić information content (AvgIpc) is 3.20. The van der Waals surface area contributed by atoms with Crippen LogP contribution in [0, 0.1) is 6.92 Å². The van der Waals surface area contributed by atoms with Gasteiger partial charge in [0.1, 0.15) is 28.2 Å². The first kappa shape index (κ1) is 26.3. The van der Waals surface area contributed by atoms with Crippen molar-refractivity contribution in [1.82, 2.24) is 15.6 Å². The maximum Gasteiger partial charge on any atom is 0.330 e. The van der Waals surface area contributed by atoms with Gasteiger partial charge in [0.25, 0.3) is 11.8 Å². The van der Waals surface area contributed by atoms with E-state index in [1.165, 1.54) is 0 Å². The van der Waals surface area contributed by atoms with Crippen LogP contribution in [0.1, 0.15) is 31.3 Å². The molecule has 1 atom stereocenters. The second-order valence-electron chi connectivity index (χ2n) is 7.78. The smallest absolute Gasteiger partial charge is 0.330 e. The second-order valence-corrected chi connectivity index (χ2v) is 8.78. The highest BCUT2D eigenvalue weighted by molar-refractivity contribution is 7.17. The van der Waals surface area contributed by atoms with E-state index in [9.17, 15) is 29.7 Å². The van der Waals surface area contributed by atoms with Gasteiger partial charge in [-0.1, -0.05) is 23.5 Å². The quantitative estimate of drug-likeness (QED) is 0.221. The third-order valence-corrected chi connectivity index (χ3v) is 6.14. The zero-order chi connectivity index (χ0) is 26.2. The molecule has 11 nitrogen and oxygen atoms in total. The number of anilines is 1. The summed E-state index contributed by atoms with van der Waals surface area (Å²) in [6.07, 6.45) is 0.635. The number of rotatable bonds is 10. The molecule has 0 aliphatic rings. The molecule has 0 aliphatic heterocycles. The zero-order valence-electron chi connectivity index (χ0n) is 19.6. The zero-order valence-corrected chi connectivity index (χ0v) is 20.4. The molecule has 1 heterocycles. The molecule has 0 fully saturated rings. The summed E-state index contributed by atoms with van der Waals surface area (Å²) in [5.74, 6) is -2.42. The van der Waals surface area contributed by atoms with Gasteiger partial charge in [0.2, 0.25) is 0 Å². The van der Waals surface area contributed by atoms with Crippen LogP contribution in [0.25, 0.3) is 0 Å². The first-order chi connectivity index (χ1) is 17.2. The Kier molecular flexibility index (Phi) is 8.68. The molecule has 2 amide bonds. The number of phenols is 3. The van der Waals surface area contributed by atoms with Crippen molar-refractivity contribution in [3.63, 3.8) is 0 Å². The molecule has 0 aliphatic carbocycles. The van der Waals surface area contributed by atoms with E-state index in [4.69, 9.17) is 4.74 Å². The lowest BCUT2D eigenvalue weighted by Gasteiger charge is -2.17. The van der Waals surface area contributed by atoms with E-state index in [0.29, 0.717) is 23.8 Å². The summed E-state index contributed by atoms with van der Waals surface area (Å²) in [6, 6.07) is 9.09. The number of aromatic nitrogens is 1. The number of benzene rings is 2. The van der Waals surface area contributed by atoms with Gasteiger partial charge >= 0.3 is 5.97 Å². The highest BCUT2D eigenvalue weighted by Crippen LogP contribution is 2.23. The van der Waals surface area contributed by atoms with Crippen molar-refractivity contribution >= 4 is 34.3 Å². The Morgan fingerprint density at radius 1 is 1.03 bits per heavy atom. The number of aromatic hydroxyl groups is 3. The number of thiazole rings is 1. The fraction of sp³-hybridized carbons (Fsp3) is 0.250. The molecule has 3 aromatic rings. The molecule has 0 saturated carbocycles. The van der Waals surface area contributed by atoms with Gasteiger partial charge in [0.15, 0.2) is 5.13 Å². The van der Waals surface area contributed by atoms with Gasteiger partial charge in [-0.15, -0.1) is 0 Å². The number of carbonyl (C=O) groups is 3. The number of nitrogens with zero attached hydrogens (tertiary/aromatic N) is 1. The summed E-state index contributed by atoms with van der Waals surface area (Å²) in [7, 11) is 1.16. The van der Waals surface area contributed by atoms with Gasteiger partial charge in [0.05, 0.1) is 12.8 Å². The largest absolute Gasteiger partial charge is 0.508 e. The van der Waals surface area contributed by atoms with E-state index in [0.717, 1.165) is 42.2 Å². The van der Waals surface area contributed by atoms with Crippen LogP contribution < -0.4 is 16.0 Å². The fourth-order valence-electron chi connectivity index (χ4n) is 3.29. The lowest BCUT2D eigenvalue weighted by molar-refractivity contribution is -0.142. The lowest BCUT2D eigenvalue weighted by atomic mass is 10.1. The van der Waals surface area contributed by atoms with E-state index in [-0.39, 0.29) is 34.2 Å². The second kappa shape index (κ2) is 11.9. The fourth-order valence-corrected chi connectivity index (χ4v) is 4.19. The third-order valence-electron chi connectivity index (χ3n) is 5.03. The van der Waals surface area contributed by atoms with Crippen molar-refractivity contribution < 1.29 is 34.4 Å². The Balaban J connectivity index is 1.60. The molecule has 0 unspecified atom stereocenters. The highest BCUT2D eigenvalue weighted by Gasteiger charge is 2.25. The van der Waals surface area contributed by atoms with Crippen LogP contribution in [0.5, 0.6) is 17.2 Å². The monoisotopic (exact) mass is 514 g/mol. The first-order valence-electron chi connectivity index (χ1n) is 10.9. The maximum absolute atomic E-state index is 12.9. The van der Waals surface area contributed by atoms with Crippen LogP contribution >= 0.6 is 11.3 Å². The predicted molar refractivity (Wildman–Crippen MR) is 133 cm³/mol. The molecule has 190 valence electrons. The van der Waals surface area contributed by atoms with Crippen LogP contribution in [0.3, 0.4) is 0 Å². The molecular weight excluding hydrogens is 488 g/mol. The molecule has 6 N–H and O–H groups in total. The Labute approximate surface area is 210 Å². The van der Waals surface area contributed by atoms with Crippen molar-refractivity contribution in [2.24, 2.45) is 0 Å². The Morgan fingerprint density at radius 2 is 1.75 bits per heavy atom. The van der Waals surface area contributed by atoms with E-state index in [1.807, 2.05) is 6.07 Å². The predicted octanol–water partition coefficient (Wildman–Crippen LogP) is 1.92. The van der Waals surface area contributed by atoms with Gasteiger partial charge in [-0.3, -0.25) is 9.59 Å². The number of hydrogen-bond acceptors (Lipinski definition) is 10. The number of nitrogens with one attached hydrogen (secondary N) is 3. The van der Waals surface area contributed by atoms with E-state index in [1.54, 1.807) is 25.1 Å². The van der Waals surface area contributed by atoms with Crippen molar-refractivity contribution in [2.75, 3.05) is 25.5 Å². The summed E-state index contributed by atoms with van der Waals surface area (Å²) >= 11 is 1.11. The average molecular weight is 515 g/mol. The SMILES string of the molecule is COC(=O)[C@H](CNC(=O)c1cc(O)cc(O)c1)NC(=O)c1sc(NCCc2cccc(O)c2)nc1C. The molecule has 0 spiro atoms. The topological polar surface area (TPSA) is 170 Å². The van der Waals surface area contributed by atoms with Gasteiger partial charge in [0, 0.05) is 24.7 Å². The van der Waals surface area contributed by atoms with Gasteiger partial charge in [-0.25, -0.2) is 9.78 Å². The van der Waals surface area contributed by atoms with Gasteiger partial charge < -0.3 is 36.0 Å². The summed E-state index contributed by atoms with van der Waals surface area (Å²) < 4.78 is 4.74. The molecule has 12 heteroatoms. The van der Waals surface area contributed by atoms with E-state index in [2.05, 4.69) is 20.9 Å². The maximum atomic E-state index is 12.9. The molecule has 3 rings (SSSR count). The molecule has 0 saturated heterocycles. The highest BCUT2D eigenvalue weighted by atomic mass is 32.1. The lowest BCUT2D eigenvalue weighted by Crippen LogP contribution is -2.49. The summed E-state index contributed by atoms with van der Waals surface area (Å²) in [6.45, 7) is 1.90. The molecule has 0 bridgehead atoms. The number of carbonyl (C=O) groups excluding carboxylic acids is 3. The van der Waals surface area contributed by atoms with Gasteiger partial charge in [-0.05, 0) is 43.2 Å². The molecular formula is C24H26N4O7S. The van der Waals surface area contributed by atoms with Crippen molar-refractivity contribution in [3.8, 4) is 17.2 Å². The Morgan fingerprint density at radius 3 is 2.42 bits per heavy atom. The molecule has 0 radical (unpaired) electrons. The van der Waals surface area contributed by atoms with Crippen molar-refractivity contribution in [2.45, 2.75) is 19.4 Å². The summed E-state index contributed by atoms with van der Waals surface area (Å²) in [5.41, 5.74) is 1.38. The van der Waals surface area contributed by atoms with Crippen molar-refractivity contribution in [1.29, 1.82) is 0 Å².